The largest absolute Gasteiger partial charge is 0.339 e. The first kappa shape index (κ1) is 17.0. The number of amides is 2. The maximum absolute atomic E-state index is 12.2. The standard InChI is InChI=1S/C15H19N5O2S/c1-3-20(4-2)14(22)11-5-7-12(8-6-11)18-13(21)9-23-15-16-10-17-19-15/h5-8,10H,3-4,9H2,1-2H3,(H,18,21)(H,16,17,19). The highest BCUT2D eigenvalue weighted by molar-refractivity contribution is 7.99. The van der Waals surface area contributed by atoms with Crippen molar-refractivity contribution < 1.29 is 9.59 Å². The Morgan fingerprint density at radius 3 is 2.48 bits per heavy atom. The van der Waals surface area contributed by atoms with Crippen LogP contribution in [0.3, 0.4) is 0 Å². The van der Waals surface area contributed by atoms with Gasteiger partial charge in [-0.25, -0.2) is 4.98 Å². The molecular formula is C15H19N5O2S. The number of hydrogen-bond donors (Lipinski definition) is 2. The topological polar surface area (TPSA) is 91.0 Å². The normalized spacial score (nSPS) is 10.3. The lowest BCUT2D eigenvalue weighted by molar-refractivity contribution is -0.113. The highest BCUT2D eigenvalue weighted by Gasteiger charge is 2.12. The first-order valence-corrected chi connectivity index (χ1v) is 8.30. The van der Waals surface area contributed by atoms with Crippen molar-refractivity contribution in [3.63, 3.8) is 0 Å². The molecule has 23 heavy (non-hydrogen) atoms. The summed E-state index contributed by atoms with van der Waals surface area (Å²) in [6, 6.07) is 6.90. The first-order chi connectivity index (χ1) is 11.1. The molecule has 0 aliphatic heterocycles. The van der Waals surface area contributed by atoms with Crippen LogP contribution in [0.5, 0.6) is 0 Å². The van der Waals surface area contributed by atoms with Crippen LogP contribution in [0.15, 0.2) is 35.7 Å². The molecule has 8 heteroatoms. The SMILES string of the molecule is CCN(CC)C(=O)c1ccc(NC(=O)CSc2ncn[nH]2)cc1. The summed E-state index contributed by atoms with van der Waals surface area (Å²) in [7, 11) is 0. The lowest BCUT2D eigenvalue weighted by Gasteiger charge is -2.18. The Labute approximate surface area is 138 Å². The average molecular weight is 333 g/mol. The summed E-state index contributed by atoms with van der Waals surface area (Å²) in [5.41, 5.74) is 1.27. The van der Waals surface area contributed by atoms with Crippen molar-refractivity contribution in [2.24, 2.45) is 0 Å². The van der Waals surface area contributed by atoms with Gasteiger partial charge in [0.25, 0.3) is 5.91 Å². The Balaban J connectivity index is 1.89. The van der Waals surface area contributed by atoms with Crippen LogP contribution >= 0.6 is 11.8 Å². The zero-order chi connectivity index (χ0) is 16.7. The molecule has 0 spiro atoms. The fourth-order valence-electron chi connectivity index (χ4n) is 1.98. The minimum atomic E-state index is -0.144. The molecule has 2 rings (SSSR count). The van der Waals surface area contributed by atoms with Crippen LogP contribution in [0, 0.1) is 0 Å². The second kappa shape index (κ2) is 8.33. The third kappa shape index (κ3) is 4.82. The van der Waals surface area contributed by atoms with E-state index in [4.69, 9.17) is 0 Å². The number of nitrogens with zero attached hydrogens (tertiary/aromatic N) is 3. The Morgan fingerprint density at radius 2 is 1.91 bits per heavy atom. The van der Waals surface area contributed by atoms with Crippen molar-refractivity contribution in [1.82, 2.24) is 20.1 Å². The summed E-state index contributed by atoms with van der Waals surface area (Å²) in [5, 5.41) is 9.77. The van der Waals surface area contributed by atoms with Gasteiger partial charge in [0.2, 0.25) is 5.91 Å². The van der Waals surface area contributed by atoms with Gasteiger partial charge in [-0.15, -0.1) is 0 Å². The molecule has 0 fully saturated rings. The van der Waals surface area contributed by atoms with Gasteiger partial charge >= 0.3 is 0 Å². The first-order valence-electron chi connectivity index (χ1n) is 7.31. The quantitative estimate of drug-likeness (QED) is 0.757. The summed E-state index contributed by atoms with van der Waals surface area (Å²) < 4.78 is 0. The Bertz CT molecular complexity index is 638. The van der Waals surface area contributed by atoms with Crippen LogP contribution in [-0.4, -0.2) is 50.7 Å². The van der Waals surface area contributed by atoms with Gasteiger partial charge in [0, 0.05) is 24.3 Å². The van der Waals surface area contributed by atoms with Gasteiger partial charge in [0.15, 0.2) is 5.16 Å². The van der Waals surface area contributed by atoms with Gasteiger partial charge in [0.1, 0.15) is 6.33 Å². The predicted octanol–water partition coefficient (Wildman–Crippen LogP) is 2.02. The third-order valence-electron chi connectivity index (χ3n) is 3.20. The molecular weight excluding hydrogens is 314 g/mol. The van der Waals surface area contributed by atoms with Gasteiger partial charge in [-0.05, 0) is 38.1 Å². The number of benzene rings is 1. The Kier molecular flexibility index (Phi) is 6.16. The van der Waals surface area contributed by atoms with Gasteiger partial charge in [-0.3, -0.25) is 14.7 Å². The Morgan fingerprint density at radius 1 is 1.22 bits per heavy atom. The van der Waals surface area contributed by atoms with Crippen LogP contribution in [0.4, 0.5) is 5.69 Å². The number of carbonyl (C=O) groups excluding carboxylic acids is 2. The van der Waals surface area contributed by atoms with E-state index in [9.17, 15) is 9.59 Å². The average Bonchev–Trinajstić information content (AvgIpc) is 3.08. The molecule has 0 saturated heterocycles. The minimum Gasteiger partial charge on any atom is -0.339 e. The maximum atomic E-state index is 12.2. The van der Waals surface area contributed by atoms with Crippen LogP contribution < -0.4 is 5.32 Å². The number of H-pyrrole nitrogens is 1. The molecule has 1 heterocycles. The monoisotopic (exact) mass is 333 g/mol. The van der Waals surface area contributed by atoms with Crippen molar-refractivity contribution in [3.05, 3.63) is 36.2 Å². The van der Waals surface area contributed by atoms with E-state index >= 15 is 0 Å². The second-order valence-electron chi connectivity index (χ2n) is 4.68. The zero-order valence-corrected chi connectivity index (χ0v) is 13.9. The summed E-state index contributed by atoms with van der Waals surface area (Å²) in [4.78, 5) is 29.7. The number of aromatic nitrogens is 3. The van der Waals surface area contributed by atoms with E-state index in [1.165, 1.54) is 18.1 Å². The molecule has 0 bridgehead atoms. The fourth-order valence-corrected chi connectivity index (χ4v) is 2.56. The molecule has 2 N–H and O–H groups in total. The van der Waals surface area contributed by atoms with Gasteiger partial charge < -0.3 is 10.2 Å². The predicted molar refractivity (Wildman–Crippen MR) is 89.4 cm³/mol. The van der Waals surface area contributed by atoms with Crippen LogP contribution in [0.2, 0.25) is 0 Å². The number of rotatable bonds is 7. The summed E-state index contributed by atoms with van der Waals surface area (Å²) >= 11 is 1.27. The molecule has 2 aromatic rings. The van der Waals surface area contributed by atoms with Crippen LogP contribution in [-0.2, 0) is 4.79 Å². The van der Waals surface area contributed by atoms with Crippen molar-refractivity contribution >= 4 is 29.3 Å². The summed E-state index contributed by atoms with van der Waals surface area (Å²) in [6.07, 6.45) is 1.39. The van der Waals surface area contributed by atoms with Crippen molar-refractivity contribution in [2.75, 3.05) is 24.2 Å². The lowest BCUT2D eigenvalue weighted by atomic mass is 10.2. The van der Waals surface area contributed by atoms with Gasteiger partial charge in [-0.1, -0.05) is 11.8 Å². The molecule has 122 valence electrons. The maximum Gasteiger partial charge on any atom is 0.253 e. The summed E-state index contributed by atoms with van der Waals surface area (Å²) in [5.74, 6) is 0.0814. The highest BCUT2D eigenvalue weighted by atomic mass is 32.2. The van der Waals surface area contributed by atoms with Crippen LogP contribution in [0.25, 0.3) is 0 Å². The smallest absolute Gasteiger partial charge is 0.253 e. The fraction of sp³-hybridized carbons (Fsp3) is 0.333. The zero-order valence-electron chi connectivity index (χ0n) is 13.1. The molecule has 0 aliphatic rings. The van der Waals surface area contributed by atoms with Gasteiger partial charge in [0.05, 0.1) is 5.75 Å². The summed E-state index contributed by atoms with van der Waals surface area (Å²) in [6.45, 7) is 5.24. The van der Waals surface area contributed by atoms with Crippen molar-refractivity contribution in [1.29, 1.82) is 0 Å². The molecule has 0 atom stereocenters. The molecule has 0 radical (unpaired) electrons. The van der Waals surface area contributed by atoms with E-state index in [0.717, 1.165) is 0 Å². The third-order valence-corrected chi connectivity index (χ3v) is 4.08. The van der Waals surface area contributed by atoms with Gasteiger partial charge in [-0.2, -0.15) is 5.10 Å². The Hall–Kier alpha value is -2.35. The molecule has 0 aliphatic carbocycles. The number of nitrogens with one attached hydrogen (secondary N) is 2. The lowest BCUT2D eigenvalue weighted by Crippen LogP contribution is -2.30. The number of aromatic amines is 1. The highest BCUT2D eigenvalue weighted by Crippen LogP contribution is 2.14. The van der Waals surface area contributed by atoms with E-state index in [-0.39, 0.29) is 17.6 Å². The van der Waals surface area contributed by atoms with Crippen molar-refractivity contribution in [3.8, 4) is 0 Å². The van der Waals surface area contributed by atoms with E-state index in [1.807, 2.05) is 13.8 Å². The number of hydrogen-bond acceptors (Lipinski definition) is 5. The molecule has 0 unspecified atom stereocenters. The molecule has 1 aromatic heterocycles. The molecule has 7 nitrogen and oxygen atoms in total. The van der Waals surface area contributed by atoms with E-state index in [0.29, 0.717) is 29.5 Å². The number of thioether (sulfide) groups is 1. The van der Waals surface area contributed by atoms with Crippen molar-refractivity contribution in [2.45, 2.75) is 19.0 Å². The number of anilines is 1. The molecule has 2 amide bonds. The van der Waals surface area contributed by atoms with E-state index < -0.39 is 0 Å². The van der Waals surface area contributed by atoms with E-state index in [1.54, 1.807) is 29.2 Å². The second-order valence-corrected chi connectivity index (χ2v) is 5.65. The van der Waals surface area contributed by atoms with E-state index in [2.05, 4.69) is 20.5 Å². The van der Waals surface area contributed by atoms with Crippen LogP contribution in [0.1, 0.15) is 24.2 Å². The molecule has 0 saturated carbocycles. The minimum absolute atomic E-state index is 0.00579. The molecule has 1 aromatic carbocycles. The number of carbonyl (C=O) groups is 2.